The fourth-order valence-electron chi connectivity index (χ4n) is 1.58. The predicted octanol–water partition coefficient (Wildman–Crippen LogP) is 1.72. The Kier molecular flexibility index (Phi) is 4.32. The molecule has 0 aliphatic heterocycles. The zero-order valence-corrected chi connectivity index (χ0v) is 12.1. The summed E-state index contributed by atoms with van der Waals surface area (Å²) in [5, 5.41) is 0. The molecule has 0 fully saturated rings. The number of rotatable bonds is 4. The highest BCUT2D eigenvalue weighted by atomic mass is 16.5. The highest BCUT2D eigenvalue weighted by Crippen LogP contribution is 2.19. The van der Waals surface area contributed by atoms with Gasteiger partial charge in [0, 0.05) is 13.6 Å². The number of nitrogens with zero attached hydrogens (tertiary/aromatic N) is 4. The van der Waals surface area contributed by atoms with Gasteiger partial charge in [0.05, 0.1) is 6.10 Å². The van der Waals surface area contributed by atoms with Crippen LogP contribution in [0.4, 0.5) is 11.9 Å². The molecule has 6 nitrogen and oxygen atoms in total. The van der Waals surface area contributed by atoms with E-state index in [2.05, 4.69) is 35.7 Å². The molecule has 0 saturated carbocycles. The van der Waals surface area contributed by atoms with E-state index in [4.69, 9.17) is 10.5 Å². The maximum atomic E-state index is 5.67. The van der Waals surface area contributed by atoms with Crippen LogP contribution in [0, 0.1) is 5.41 Å². The largest absolute Gasteiger partial charge is 0.461 e. The minimum absolute atomic E-state index is 0.00701. The standard InChI is InChI=1S/C12H23N5O/c1-8(2)18-11-15-9(13)14-10(16-11)17(6)7-12(3,4)5/h8H,7H2,1-6H3,(H2,13,14,15,16). The lowest BCUT2D eigenvalue weighted by molar-refractivity contribution is 0.222. The molecule has 0 aliphatic rings. The molecule has 18 heavy (non-hydrogen) atoms. The van der Waals surface area contributed by atoms with Gasteiger partial charge in [-0.25, -0.2) is 0 Å². The molecule has 1 heterocycles. The zero-order valence-electron chi connectivity index (χ0n) is 12.1. The fraction of sp³-hybridized carbons (Fsp3) is 0.750. The van der Waals surface area contributed by atoms with Crippen LogP contribution in [-0.4, -0.2) is 34.6 Å². The Bertz CT molecular complexity index is 400. The molecule has 1 aromatic heterocycles. The van der Waals surface area contributed by atoms with Crippen LogP contribution in [0.3, 0.4) is 0 Å². The van der Waals surface area contributed by atoms with Gasteiger partial charge >= 0.3 is 6.01 Å². The van der Waals surface area contributed by atoms with E-state index in [0.29, 0.717) is 5.95 Å². The lowest BCUT2D eigenvalue weighted by atomic mass is 9.96. The van der Waals surface area contributed by atoms with Gasteiger partial charge in [-0.2, -0.15) is 15.0 Å². The summed E-state index contributed by atoms with van der Waals surface area (Å²) in [6.45, 7) is 11.1. The Balaban J connectivity index is 2.91. The van der Waals surface area contributed by atoms with Gasteiger partial charge in [-0.3, -0.25) is 0 Å². The first-order valence-corrected chi connectivity index (χ1v) is 6.07. The molecule has 1 rings (SSSR count). The first-order chi connectivity index (χ1) is 8.17. The Morgan fingerprint density at radius 3 is 2.33 bits per heavy atom. The van der Waals surface area contributed by atoms with Gasteiger partial charge in [0.1, 0.15) is 0 Å². The topological polar surface area (TPSA) is 77.2 Å². The van der Waals surface area contributed by atoms with Crippen LogP contribution in [-0.2, 0) is 0 Å². The van der Waals surface area contributed by atoms with Gasteiger partial charge in [-0.15, -0.1) is 0 Å². The van der Waals surface area contributed by atoms with Crippen molar-refractivity contribution >= 4 is 11.9 Å². The Morgan fingerprint density at radius 2 is 1.83 bits per heavy atom. The summed E-state index contributed by atoms with van der Waals surface area (Å²) in [6, 6.07) is 0.272. The van der Waals surface area contributed by atoms with Crippen molar-refractivity contribution in [3.8, 4) is 6.01 Å². The molecule has 0 aromatic carbocycles. The zero-order chi connectivity index (χ0) is 13.9. The number of nitrogens with two attached hydrogens (primary N) is 1. The van der Waals surface area contributed by atoms with Gasteiger partial charge in [-0.05, 0) is 19.3 Å². The maximum Gasteiger partial charge on any atom is 0.323 e. The van der Waals surface area contributed by atoms with Crippen LogP contribution in [0.2, 0.25) is 0 Å². The molecule has 6 heteroatoms. The van der Waals surface area contributed by atoms with E-state index in [1.54, 1.807) is 0 Å². The average Bonchev–Trinajstić information content (AvgIpc) is 2.12. The molecule has 0 spiro atoms. The summed E-state index contributed by atoms with van der Waals surface area (Å²) >= 11 is 0. The van der Waals surface area contributed by atoms with Crippen LogP contribution in [0.1, 0.15) is 34.6 Å². The first kappa shape index (κ1) is 14.5. The summed E-state index contributed by atoms with van der Waals surface area (Å²) in [5.74, 6) is 0.712. The van der Waals surface area contributed by atoms with E-state index < -0.39 is 0 Å². The SMILES string of the molecule is CC(C)Oc1nc(N)nc(N(C)CC(C)(C)C)n1. The van der Waals surface area contributed by atoms with Crippen molar-refractivity contribution in [1.82, 2.24) is 15.0 Å². The maximum absolute atomic E-state index is 5.67. The predicted molar refractivity (Wildman–Crippen MR) is 72.7 cm³/mol. The van der Waals surface area contributed by atoms with Gasteiger partial charge in [0.25, 0.3) is 0 Å². The van der Waals surface area contributed by atoms with E-state index in [0.717, 1.165) is 6.54 Å². The van der Waals surface area contributed by atoms with Crippen LogP contribution >= 0.6 is 0 Å². The molecule has 0 saturated heterocycles. The smallest absolute Gasteiger partial charge is 0.323 e. The van der Waals surface area contributed by atoms with Crippen molar-refractivity contribution in [2.45, 2.75) is 40.7 Å². The number of hydrogen-bond donors (Lipinski definition) is 1. The van der Waals surface area contributed by atoms with Crippen molar-refractivity contribution < 1.29 is 4.74 Å². The van der Waals surface area contributed by atoms with E-state index >= 15 is 0 Å². The van der Waals surface area contributed by atoms with Crippen LogP contribution in [0.25, 0.3) is 0 Å². The monoisotopic (exact) mass is 253 g/mol. The van der Waals surface area contributed by atoms with Gasteiger partial charge in [0.15, 0.2) is 0 Å². The van der Waals surface area contributed by atoms with E-state index in [1.165, 1.54) is 0 Å². The molecular formula is C12H23N5O. The second-order valence-electron chi connectivity index (χ2n) is 5.86. The molecule has 0 unspecified atom stereocenters. The molecule has 102 valence electrons. The van der Waals surface area contributed by atoms with Gasteiger partial charge in [0.2, 0.25) is 11.9 Å². The number of ether oxygens (including phenoxy) is 1. The third-order valence-electron chi connectivity index (χ3n) is 2.01. The summed E-state index contributed by atoms with van der Waals surface area (Å²) in [7, 11) is 1.93. The Labute approximate surface area is 109 Å². The van der Waals surface area contributed by atoms with Crippen molar-refractivity contribution in [3.63, 3.8) is 0 Å². The van der Waals surface area contributed by atoms with E-state index in [9.17, 15) is 0 Å². The lowest BCUT2D eigenvalue weighted by Crippen LogP contribution is -2.31. The summed E-state index contributed by atoms with van der Waals surface area (Å²) < 4.78 is 5.45. The van der Waals surface area contributed by atoms with Crippen LogP contribution in [0.15, 0.2) is 0 Å². The van der Waals surface area contributed by atoms with Crippen LogP contribution < -0.4 is 15.4 Å². The summed E-state index contributed by atoms with van der Waals surface area (Å²) in [4.78, 5) is 14.3. The number of hydrogen-bond acceptors (Lipinski definition) is 6. The second-order valence-corrected chi connectivity index (χ2v) is 5.86. The number of anilines is 2. The Morgan fingerprint density at radius 1 is 1.22 bits per heavy atom. The molecule has 0 aliphatic carbocycles. The minimum atomic E-state index is 0.00701. The molecule has 1 aromatic rings. The third-order valence-corrected chi connectivity index (χ3v) is 2.01. The summed E-state index contributed by atoms with van der Waals surface area (Å²) in [6.07, 6.45) is 0.00701. The van der Waals surface area contributed by atoms with E-state index in [1.807, 2.05) is 25.8 Å². The second kappa shape index (κ2) is 5.37. The minimum Gasteiger partial charge on any atom is -0.461 e. The van der Waals surface area contributed by atoms with Crippen LogP contribution in [0.5, 0.6) is 6.01 Å². The average molecular weight is 253 g/mol. The van der Waals surface area contributed by atoms with Crippen molar-refractivity contribution in [3.05, 3.63) is 0 Å². The van der Waals surface area contributed by atoms with Gasteiger partial charge in [-0.1, -0.05) is 20.8 Å². The van der Waals surface area contributed by atoms with Gasteiger partial charge < -0.3 is 15.4 Å². The van der Waals surface area contributed by atoms with Crippen molar-refractivity contribution in [1.29, 1.82) is 0 Å². The van der Waals surface area contributed by atoms with E-state index in [-0.39, 0.29) is 23.5 Å². The molecule has 0 radical (unpaired) electrons. The fourth-order valence-corrected chi connectivity index (χ4v) is 1.58. The first-order valence-electron chi connectivity index (χ1n) is 6.07. The number of nitrogen functional groups attached to an aromatic ring is 1. The molecule has 0 bridgehead atoms. The number of aromatic nitrogens is 3. The molecular weight excluding hydrogens is 230 g/mol. The van der Waals surface area contributed by atoms with Crippen molar-refractivity contribution in [2.75, 3.05) is 24.2 Å². The highest BCUT2D eigenvalue weighted by Gasteiger charge is 2.17. The van der Waals surface area contributed by atoms with Crippen molar-refractivity contribution in [2.24, 2.45) is 5.41 Å². The lowest BCUT2D eigenvalue weighted by Gasteiger charge is -2.26. The Hall–Kier alpha value is -1.59. The normalized spacial score (nSPS) is 11.7. The molecule has 0 atom stereocenters. The quantitative estimate of drug-likeness (QED) is 0.880. The third kappa shape index (κ3) is 4.73. The molecule has 0 amide bonds. The summed E-state index contributed by atoms with van der Waals surface area (Å²) in [5.41, 5.74) is 5.82. The molecule has 2 N–H and O–H groups in total. The highest BCUT2D eigenvalue weighted by molar-refractivity contribution is 5.35.